The van der Waals surface area contributed by atoms with E-state index in [1.807, 2.05) is 30.3 Å². The number of halogens is 2. The van der Waals surface area contributed by atoms with E-state index in [9.17, 15) is 0 Å². The zero-order valence-corrected chi connectivity index (χ0v) is 15.7. The first-order valence-corrected chi connectivity index (χ1v) is 11.7. The van der Waals surface area contributed by atoms with Gasteiger partial charge < -0.3 is 9.31 Å². The van der Waals surface area contributed by atoms with Gasteiger partial charge in [0.05, 0.1) is 11.2 Å². The Morgan fingerprint density at radius 3 is 2.05 bits per heavy atom. The third kappa shape index (κ3) is 4.05. The Morgan fingerprint density at radius 1 is 1.00 bits per heavy atom. The fraction of sp³-hybridized carbons (Fsp3) is 0.600. The number of benzene rings is 1. The van der Waals surface area contributed by atoms with Crippen LogP contribution in [0.2, 0.25) is 12.4 Å². The minimum atomic E-state index is -2.39. The van der Waals surface area contributed by atoms with E-state index >= 15 is 0 Å². The van der Waals surface area contributed by atoms with Gasteiger partial charge in [0.15, 0.2) is 0 Å². The van der Waals surface area contributed by atoms with Crippen molar-refractivity contribution in [1.82, 2.24) is 0 Å². The van der Waals surface area contributed by atoms with Gasteiger partial charge in [-0.1, -0.05) is 36.8 Å². The van der Waals surface area contributed by atoms with Gasteiger partial charge in [0.25, 0.3) is 6.69 Å². The normalized spacial score (nSPS) is 20.8. The van der Waals surface area contributed by atoms with Crippen LogP contribution in [0.3, 0.4) is 0 Å². The molecule has 21 heavy (non-hydrogen) atoms. The molecular weight excluding hydrogens is 322 g/mol. The smallest absolute Gasteiger partial charge is 0.403 e. The summed E-state index contributed by atoms with van der Waals surface area (Å²) in [7, 11) is -0.163. The van der Waals surface area contributed by atoms with Gasteiger partial charge >= 0.3 is 7.12 Å². The maximum Gasteiger partial charge on any atom is 0.457 e. The summed E-state index contributed by atoms with van der Waals surface area (Å²) in [4.78, 5) is 0. The van der Waals surface area contributed by atoms with Crippen LogP contribution in [-0.4, -0.2) is 25.0 Å². The predicted octanol–water partition coefficient (Wildman–Crippen LogP) is 4.30. The molecule has 0 saturated carbocycles. The lowest BCUT2D eigenvalue weighted by Gasteiger charge is -2.32. The second-order valence-corrected chi connectivity index (χ2v) is 13.6. The molecule has 0 unspecified atom stereocenters. The molecule has 1 aliphatic rings. The van der Waals surface area contributed by atoms with Crippen molar-refractivity contribution in [2.75, 3.05) is 0 Å². The van der Waals surface area contributed by atoms with Crippen molar-refractivity contribution in [2.45, 2.75) is 57.7 Å². The largest absolute Gasteiger partial charge is 0.457 e. The Kier molecular flexibility index (Phi) is 5.16. The third-order valence-electron chi connectivity index (χ3n) is 4.43. The van der Waals surface area contributed by atoms with Crippen molar-refractivity contribution in [1.29, 1.82) is 0 Å². The molecule has 1 heterocycles. The van der Waals surface area contributed by atoms with Crippen LogP contribution in [0.1, 0.15) is 34.1 Å². The summed E-state index contributed by atoms with van der Waals surface area (Å²) >= 11 is 13.2. The molecule has 0 aliphatic carbocycles. The minimum Gasteiger partial charge on any atom is -0.403 e. The molecule has 1 saturated heterocycles. The Morgan fingerprint density at radius 2 is 1.52 bits per heavy atom. The van der Waals surface area contributed by atoms with E-state index in [-0.39, 0.29) is 18.3 Å². The second kappa shape index (κ2) is 6.25. The molecule has 0 spiro atoms. The van der Waals surface area contributed by atoms with Crippen molar-refractivity contribution in [3.8, 4) is 0 Å². The number of hydrogen-bond donors (Lipinski definition) is 0. The third-order valence-corrected chi connectivity index (χ3v) is 9.03. The lowest BCUT2D eigenvalue weighted by Crippen LogP contribution is -2.41. The second-order valence-electron chi connectivity index (χ2n) is 6.65. The van der Waals surface area contributed by atoms with Crippen molar-refractivity contribution in [3.05, 3.63) is 30.3 Å². The van der Waals surface area contributed by atoms with Crippen LogP contribution in [-0.2, 0) is 9.31 Å². The standard InChI is InChI=1S/C15H23BCl2O2Si/c1-14(2)15(3,4)20-16(19-14)11-8-12-21(17,18)13-9-6-5-7-10-13/h5-7,9-10H,8,11-12H2,1-4H3. The fourth-order valence-corrected chi connectivity index (χ4v) is 5.57. The van der Waals surface area contributed by atoms with Crippen LogP contribution in [0.4, 0.5) is 0 Å². The lowest BCUT2D eigenvalue weighted by molar-refractivity contribution is 0.00578. The SMILES string of the molecule is CC1(C)OB(CCC[Si](Cl)(Cl)c2ccccc2)OC1(C)C. The minimum absolute atomic E-state index is 0.163. The Balaban J connectivity index is 1.86. The van der Waals surface area contributed by atoms with E-state index in [1.54, 1.807) is 0 Å². The summed E-state index contributed by atoms with van der Waals surface area (Å²) in [5, 5.41) is 1.07. The van der Waals surface area contributed by atoms with Crippen molar-refractivity contribution < 1.29 is 9.31 Å². The van der Waals surface area contributed by atoms with Gasteiger partial charge in [-0.3, -0.25) is 0 Å². The molecule has 2 nitrogen and oxygen atoms in total. The first-order valence-electron chi connectivity index (χ1n) is 7.43. The van der Waals surface area contributed by atoms with Crippen molar-refractivity contribution in [3.63, 3.8) is 0 Å². The van der Waals surface area contributed by atoms with E-state index in [0.29, 0.717) is 0 Å². The Bertz CT molecular complexity index is 464. The van der Waals surface area contributed by atoms with Crippen LogP contribution >= 0.6 is 22.2 Å². The Hall–Kier alpha value is 0.00182. The average Bonchev–Trinajstić information content (AvgIpc) is 2.58. The van der Waals surface area contributed by atoms with Crippen LogP contribution in [0.25, 0.3) is 0 Å². The molecule has 2 rings (SSSR count). The topological polar surface area (TPSA) is 18.5 Å². The van der Waals surface area contributed by atoms with E-state index in [0.717, 1.165) is 24.0 Å². The van der Waals surface area contributed by atoms with Gasteiger partial charge in [-0.05, 0) is 45.2 Å². The van der Waals surface area contributed by atoms with Gasteiger partial charge in [0.1, 0.15) is 0 Å². The van der Waals surface area contributed by atoms with Gasteiger partial charge in [0, 0.05) is 0 Å². The van der Waals surface area contributed by atoms with Crippen LogP contribution in [0.5, 0.6) is 0 Å². The molecule has 6 heteroatoms. The van der Waals surface area contributed by atoms with Gasteiger partial charge in [-0.2, -0.15) is 0 Å². The highest BCUT2D eigenvalue weighted by Gasteiger charge is 2.50. The summed E-state index contributed by atoms with van der Waals surface area (Å²) in [6.07, 6.45) is 1.73. The van der Waals surface area contributed by atoms with Crippen molar-refractivity contribution >= 4 is 41.2 Å². The average molecular weight is 345 g/mol. The first kappa shape index (κ1) is 17.4. The summed E-state index contributed by atoms with van der Waals surface area (Å²) in [5.74, 6) is 0. The zero-order chi connectivity index (χ0) is 15.7. The molecule has 1 aliphatic heterocycles. The maximum absolute atomic E-state index is 6.58. The van der Waals surface area contributed by atoms with E-state index in [2.05, 4.69) is 27.7 Å². The van der Waals surface area contributed by atoms with Crippen LogP contribution in [0, 0.1) is 0 Å². The molecule has 0 amide bonds. The molecule has 0 bridgehead atoms. The quantitative estimate of drug-likeness (QED) is 0.585. The summed E-state index contributed by atoms with van der Waals surface area (Å²) in [5.41, 5.74) is -0.541. The highest BCUT2D eigenvalue weighted by Crippen LogP contribution is 2.38. The van der Waals surface area contributed by atoms with E-state index in [4.69, 9.17) is 31.5 Å². The number of rotatable bonds is 5. The number of hydrogen-bond acceptors (Lipinski definition) is 2. The summed E-state index contributed by atoms with van der Waals surface area (Å²) < 4.78 is 12.0. The van der Waals surface area contributed by atoms with E-state index < -0.39 is 6.69 Å². The van der Waals surface area contributed by atoms with E-state index in [1.165, 1.54) is 0 Å². The molecule has 1 aromatic rings. The molecule has 1 aromatic carbocycles. The molecular formula is C15H23BCl2O2Si. The summed E-state index contributed by atoms with van der Waals surface area (Å²) in [6, 6.07) is 10.8. The Labute approximate surface area is 138 Å². The summed E-state index contributed by atoms with van der Waals surface area (Å²) in [6.45, 7) is 5.88. The molecule has 0 radical (unpaired) electrons. The highest BCUT2D eigenvalue weighted by molar-refractivity contribution is 7.50. The van der Waals surface area contributed by atoms with Gasteiger partial charge in [-0.25, -0.2) is 0 Å². The molecule has 116 valence electrons. The molecule has 0 N–H and O–H groups in total. The zero-order valence-electron chi connectivity index (χ0n) is 13.2. The predicted molar refractivity (Wildman–Crippen MR) is 93.8 cm³/mol. The first-order chi connectivity index (χ1) is 9.64. The molecule has 0 aromatic heterocycles. The maximum atomic E-state index is 6.58. The van der Waals surface area contributed by atoms with Crippen LogP contribution in [0.15, 0.2) is 30.3 Å². The fourth-order valence-electron chi connectivity index (χ4n) is 2.40. The molecule has 1 fully saturated rings. The van der Waals surface area contributed by atoms with Gasteiger partial charge in [0.2, 0.25) is 0 Å². The van der Waals surface area contributed by atoms with Gasteiger partial charge in [-0.15, -0.1) is 22.2 Å². The van der Waals surface area contributed by atoms with Crippen LogP contribution < -0.4 is 5.19 Å². The van der Waals surface area contributed by atoms with Crippen molar-refractivity contribution in [2.24, 2.45) is 0 Å². The lowest BCUT2D eigenvalue weighted by atomic mass is 9.83. The highest BCUT2D eigenvalue weighted by atomic mass is 35.7. The monoisotopic (exact) mass is 344 g/mol. The molecule has 0 atom stereocenters.